The fourth-order valence-corrected chi connectivity index (χ4v) is 4.47. The van der Waals surface area contributed by atoms with E-state index in [2.05, 4.69) is 5.32 Å². The Bertz CT molecular complexity index is 251. The number of amides is 2. The van der Waals surface area contributed by atoms with E-state index in [1.165, 1.54) is 11.5 Å². The van der Waals surface area contributed by atoms with Gasteiger partial charge in [-0.05, 0) is 0 Å². The molecular formula is C9H14N2O2S2. The van der Waals surface area contributed by atoms with Gasteiger partial charge in [-0.1, -0.05) is 0 Å². The van der Waals surface area contributed by atoms with Gasteiger partial charge in [0.05, 0.1) is 13.1 Å². The fourth-order valence-electron chi connectivity index (χ4n) is 1.76. The monoisotopic (exact) mass is 246 g/mol. The second kappa shape index (κ2) is 5.23. The lowest BCUT2D eigenvalue weighted by atomic mass is 10.3. The molecule has 1 N–H and O–H groups in total. The summed E-state index contributed by atoms with van der Waals surface area (Å²) in [6.07, 6.45) is 0. The van der Waals surface area contributed by atoms with E-state index in [1.807, 2.05) is 28.4 Å². The van der Waals surface area contributed by atoms with Gasteiger partial charge < -0.3 is 0 Å². The highest BCUT2D eigenvalue weighted by Crippen LogP contribution is 2.24. The molecule has 84 valence electrons. The van der Waals surface area contributed by atoms with Gasteiger partial charge in [0.2, 0.25) is 11.8 Å². The SMILES string of the molecule is O=C1CN(CC2CSCCS2)CC(=O)N1. The summed E-state index contributed by atoms with van der Waals surface area (Å²) in [5.74, 6) is 3.21. The fraction of sp³-hybridized carbons (Fsp3) is 0.778. The first kappa shape index (κ1) is 11.3. The van der Waals surface area contributed by atoms with Gasteiger partial charge in [-0.15, -0.1) is 0 Å². The summed E-state index contributed by atoms with van der Waals surface area (Å²) >= 11 is 3.91. The third-order valence-electron chi connectivity index (χ3n) is 2.36. The maximum absolute atomic E-state index is 11.1. The Morgan fingerprint density at radius 2 is 2.00 bits per heavy atom. The largest absolute Gasteiger partial charge is 0.294 e. The Morgan fingerprint density at radius 1 is 1.27 bits per heavy atom. The van der Waals surface area contributed by atoms with E-state index >= 15 is 0 Å². The molecule has 6 heteroatoms. The van der Waals surface area contributed by atoms with Crippen LogP contribution in [-0.4, -0.2) is 58.9 Å². The Balaban J connectivity index is 1.82. The summed E-state index contributed by atoms with van der Waals surface area (Å²) in [6.45, 7) is 1.59. The Labute approximate surface area is 97.5 Å². The minimum Gasteiger partial charge on any atom is -0.294 e. The first-order valence-electron chi connectivity index (χ1n) is 4.98. The van der Waals surface area contributed by atoms with E-state index in [0.717, 1.165) is 12.3 Å². The molecule has 15 heavy (non-hydrogen) atoms. The van der Waals surface area contributed by atoms with Crippen molar-refractivity contribution in [2.24, 2.45) is 0 Å². The van der Waals surface area contributed by atoms with Crippen molar-refractivity contribution in [3.8, 4) is 0 Å². The van der Waals surface area contributed by atoms with Crippen LogP contribution in [0, 0.1) is 0 Å². The van der Waals surface area contributed by atoms with Gasteiger partial charge in [0.15, 0.2) is 0 Å². The first-order valence-corrected chi connectivity index (χ1v) is 7.19. The highest BCUT2D eigenvalue weighted by atomic mass is 32.2. The number of imide groups is 1. The van der Waals surface area contributed by atoms with Crippen LogP contribution >= 0.6 is 23.5 Å². The van der Waals surface area contributed by atoms with Gasteiger partial charge >= 0.3 is 0 Å². The van der Waals surface area contributed by atoms with Crippen LogP contribution in [0.25, 0.3) is 0 Å². The molecule has 0 aromatic carbocycles. The van der Waals surface area contributed by atoms with E-state index in [0.29, 0.717) is 18.3 Å². The number of hydrogen-bond acceptors (Lipinski definition) is 5. The van der Waals surface area contributed by atoms with Crippen molar-refractivity contribution in [3.63, 3.8) is 0 Å². The summed E-state index contributed by atoms with van der Waals surface area (Å²) in [5.41, 5.74) is 0. The molecule has 2 saturated heterocycles. The molecule has 2 aliphatic heterocycles. The summed E-state index contributed by atoms with van der Waals surface area (Å²) in [4.78, 5) is 24.2. The van der Waals surface area contributed by atoms with E-state index in [1.54, 1.807) is 0 Å². The number of nitrogens with one attached hydrogen (secondary N) is 1. The van der Waals surface area contributed by atoms with Crippen molar-refractivity contribution >= 4 is 35.3 Å². The van der Waals surface area contributed by atoms with Crippen LogP contribution in [0.4, 0.5) is 0 Å². The van der Waals surface area contributed by atoms with Crippen LogP contribution in [0.15, 0.2) is 0 Å². The molecule has 0 aliphatic carbocycles. The van der Waals surface area contributed by atoms with Crippen LogP contribution in [0.3, 0.4) is 0 Å². The lowest BCUT2D eigenvalue weighted by molar-refractivity contribution is -0.135. The molecule has 1 atom stereocenters. The van der Waals surface area contributed by atoms with E-state index < -0.39 is 0 Å². The number of nitrogens with zero attached hydrogens (tertiary/aromatic N) is 1. The molecule has 2 heterocycles. The maximum atomic E-state index is 11.1. The topological polar surface area (TPSA) is 49.4 Å². The molecule has 1 unspecified atom stereocenters. The molecule has 0 spiro atoms. The summed E-state index contributed by atoms with van der Waals surface area (Å²) in [6, 6.07) is 0. The minimum atomic E-state index is -0.167. The average Bonchev–Trinajstić information content (AvgIpc) is 2.17. The number of carbonyl (C=O) groups is 2. The van der Waals surface area contributed by atoms with Crippen LogP contribution in [-0.2, 0) is 9.59 Å². The lowest BCUT2D eigenvalue weighted by Crippen LogP contribution is -2.53. The molecule has 0 aromatic heterocycles. The van der Waals surface area contributed by atoms with Crippen LogP contribution in [0.1, 0.15) is 0 Å². The highest BCUT2D eigenvalue weighted by Gasteiger charge is 2.25. The second-order valence-electron chi connectivity index (χ2n) is 3.71. The predicted molar refractivity (Wildman–Crippen MR) is 63.2 cm³/mol. The van der Waals surface area contributed by atoms with Gasteiger partial charge in [0.1, 0.15) is 0 Å². The maximum Gasteiger partial charge on any atom is 0.240 e. The molecule has 2 amide bonds. The number of carbonyl (C=O) groups excluding carboxylic acids is 2. The molecule has 2 fully saturated rings. The highest BCUT2D eigenvalue weighted by molar-refractivity contribution is 8.06. The lowest BCUT2D eigenvalue weighted by Gasteiger charge is -2.30. The molecule has 0 saturated carbocycles. The Kier molecular flexibility index (Phi) is 3.93. The summed E-state index contributed by atoms with van der Waals surface area (Å²) in [7, 11) is 0. The molecule has 0 bridgehead atoms. The number of thioether (sulfide) groups is 2. The Hall–Kier alpha value is -0.200. The molecule has 2 aliphatic rings. The molecular weight excluding hydrogens is 232 g/mol. The van der Waals surface area contributed by atoms with Gasteiger partial charge in [-0.2, -0.15) is 23.5 Å². The zero-order chi connectivity index (χ0) is 10.7. The third-order valence-corrected chi connectivity index (χ3v) is 5.19. The zero-order valence-electron chi connectivity index (χ0n) is 8.40. The Morgan fingerprint density at radius 3 is 2.60 bits per heavy atom. The second-order valence-corrected chi connectivity index (χ2v) is 6.27. The minimum absolute atomic E-state index is 0.167. The van der Waals surface area contributed by atoms with Crippen LogP contribution in [0.2, 0.25) is 0 Å². The van der Waals surface area contributed by atoms with Gasteiger partial charge in [-0.3, -0.25) is 19.8 Å². The molecule has 0 radical (unpaired) electrons. The smallest absolute Gasteiger partial charge is 0.240 e. The van der Waals surface area contributed by atoms with Gasteiger partial charge in [0.25, 0.3) is 0 Å². The third kappa shape index (κ3) is 3.39. The average molecular weight is 246 g/mol. The van der Waals surface area contributed by atoms with E-state index in [4.69, 9.17) is 0 Å². The number of rotatable bonds is 2. The van der Waals surface area contributed by atoms with Crippen LogP contribution in [0.5, 0.6) is 0 Å². The number of hydrogen-bond donors (Lipinski definition) is 1. The van der Waals surface area contributed by atoms with Crippen molar-refractivity contribution in [1.82, 2.24) is 10.2 Å². The molecule has 2 rings (SSSR count). The van der Waals surface area contributed by atoms with Crippen molar-refractivity contribution in [2.45, 2.75) is 5.25 Å². The molecule has 4 nitrogen and oxygen atoms in total. The van der Waals surface area contributed by atoms with Crippen molar-refractivity contribution in [2.75, 3.05) is 36.9 Å². The van der Waals surface area contributed by atoms with Crippen molar-refractivity contribution in [3.05, 3.63) is 0 Å². The normalized spacial score (nSPS) is 28.9. The van der Waals surface area contributed by atoms with Crippen molar-refractivity contribution < 1.29 is 9.59 Å². The van der Waals surface area contributed by atoms with Crippen molar-refractivity contribution in [1.29, 1.82) is 0 Å². The quantitative estimate of drug-likeness (QED) is 0.684. The molecule has 0 aromatic rings. The summed E-state index contributed by atoms with van der Waals surface area (Å²) in [5, 5.41) is 2.89. The summed E-state index contributed by atoms with van der Waals surface area (Å²) < 4.78 is 0. The zero-order valence-corrected chi connectivity index (χ0v) is 10.0. The predicted octanol–water partition coefficient (Wildman–Crippen LogP) is -0.207. The van der Waals surface area contributed by atoms with E-state index in [-0.39, 0.29) is 11.8 Å². The van der Waals surface area contributed by atoms with Gasteiger partial charge in [-0.25, -0.2) is 0 Å². The first-order chi connectivity index (χ1) is 7.24. The van der Waals surface area contributed by atoms with Crippen LogP contribution < -0.4 is 5.32 Å². The van der Waals surface area contributed by atoms with E-state index in [9.17, 15) is 9.59 Å². The standard InChI is InChI=1S/C9H14N2O2S2/c12-8-4-11(5-9(13)10-8)3-7-6-14-1-2-15-7/h7H,1-6H2,(H,10,12,13). The van der Waals surface area contributed by atoms with Gasteiger partial charge in [0, 0.05) is 29.1 Å². The number of piperazine rings is 1.